The second-order valence-corrected chi connectivity index (χ2v) is 8.93. The van der Waals surface area contributed by atoms with Gasteiger partial charge < -0.3 is 15.5 Å². The van der Waals surface area contributed by atoms with Gasteiger partial charge in [-0.05, 0) is 43.0 Å². The van der Waals surface area contributed by atoms with E-state index in [0.29, 0.717) is 26.7 Å². The standard InChI is InChI=1S/C22H20FN5O2S/c1-12-4-2-3-5-13(12)14-6-7-15-21(20(14)23)31-19(25-15)11-18-28-27-17(30-18)10-16(29)26-22(24)8-9-22/h2-7H,8-11,24H2,1H3,(H,26,29). The SMILES string of the molecule is Cc1ccccc1-c1ccc2nc(Cc3nnc(CC(=O)NC4(N)CC4)o3)sc2c1F. The largest absolute Gasteiger partial charge is 0.424 e. The summed E-state index contributed by atoms with van der Waals surface area (Å²) in [5, 5.41) is 11.3. The lowest BCUT2D eigenvalue weighted by Crippen LogP contribution is -2.44. The van der Waals surface area contributed by atoms with Gasteiger partial charge in [-0.1, -0.05) is 24.3 Å². The quantitative estimate of drug-likeness (QED) is 0.447. The third-order valence-corrected chi connectivity index (χ3v) is 6.34. The van der Waals surface area contributed by atoms with Crippen molar-refractivity contribution in [2.75, 3.05) is 0 Å². The first-order valence-electron chi connectivity index (χ1n) is 9.95. The Morgan fingerprint density at radius 3 is 2.74 bits per heavy atom. The Bertz CT molecular complexity index is 1290. The molecular weight excluding hydrogens is 417 g/mol. The highest BCUT2D eigenvalue weighted by atomic mass is 32.1. The van der Waals surface area contributed by atoms with Gasteiger partial charge >= 0.3 is 0 Å². The van der Waals surface area contributed by atoms with E-state index in [4.69, 9.17) is 10.2 Å². The maximum Gasteiger partial charge on any atom is 0.230 e. The molecule has 2 heterocycles. The summed E-state index contributed by atoms with van der Waals surface area (Å²) in [6, 6.07) is 11.3. The number of nitrogens with one attached hydrogen (secondary N) is 1. The molecule has 4 aromatic rings. The first-order chi connectivity index (χ1) is 14.9. The van der Waals surface area contributed by atoms with Gasteiger partial charge in [0, 0.05) is 5.56 Å². The van der Waals surface area contributed by atoms with Gasteiger partial charge in [-0.3, -0.25) is 4.79 Å². The zero-order chi connectivity index (χ0) is 21.6. The van der Waals surface area contributed by atoms with Crippen molar-refractivity contribution in [3.63, 3.8) is 0 Å². The Labute approximate surface area is 181 Å². The fourth-order valence-electron chi connectivity index (χ4n) is 3.44. The molecule has 0 radical (unpaired) electrons. The van der Waals surface area contributed by atoms with Crippen LogP contribution in [0, 0.1) is 12.7 Å². The number of nitrogens with two attached hydrogens (primary N) is 1. The molecule has 0 bridgehead atoms. The number of rotatable bonds is 6. The Morgan fingerprint density at radius 1 is 1.19 bits per heavy atom. The van der Waals surface area contributed by atoms with E-state index in [1.165, 1.54) is 11.3 Å². The molecule has 7 nitrogen and oxygen atoms in total. The summed E-state index contributed by atoms with van der Waals surface area (Å²) in [6.45, 7) is 1.96. The lowest BCUT2D eigenvalue weighted by atomic mass is 10.00. The molecule has 2 aromatic heterocycles. The van der Waals surface area contributed by atoms with Crippen molar-refractivity contribution in [1.82, 2.24) is 20.5 Å². The van der Waals surface area contributed by atoms with Crippen LogP contribution in [0.1, 0.15) is 35.2 Å². The number of nitrogens with zero attached hydrogens (tertiary/aromatic N) is 3. The minimum atomic E-state index is -0.581. The van der Waals surface area contributed by atoms with Crippen molar-refractivity contribution < 1.29 is 13.6 Å². The van der Waals surface area contributed by atoms with Crippen LogP contribution >= 0.6 is 11.3 Å². The molecule has 1 fully saturated rings. The molecule has 1 aliphatic carbocycles. The molecule has 3 N–H and O–H groups in total. The van der Waals surface area contributed by atoms with Crippen LogP contribution in [0.25, 0.3) is 21.3 Å². The first-order valence-corrected chi connectivity index (χ1v) is 10.8. The number of hydrogen-bond acceptors (Lipinski definition) is 7. The summed E-state index contributed by atoms with van der Waals surface area (Å²) in [5.74, 6) is 0.0105. The van der Waals surface area contributed by atoms with Crippen LogP contribution < -0.4 is 11.1 Å². The molecule has 0 unspecified atom stereocenters. The van der Waals surface area contributed by atoms with Crippen LogP contribution in [-0.2, 0) is 17.6 Å². The van der Waals surface area contributed by atoms with Gasteiger partial charge in [-0.25, -0.2) is 9.37 Å². The van der Waals surface area contributed by atoms with Crippen LogP contribution in [0.3, 0.4) is 0 Å². The highest BCUT2D eigenvalue weighted by Crippen LogP contribution is 2.34. The van der Waals surface area contributed by atoms with E-state index in [2.05, 4.69) is 20.5 Å². The monoisotopic (exact) mass is 437 g/mol. The van der Waals surface area contributed by atoms with E-state index in [0.717, 1.165) is 24.0 Å². The lowest BCUT2D eigenvalue weighted by molar-refractivity contribution is -0.121. The van der Waals surface area contributed by atoms with Gasteiger partial charge in [0.15, 0.2) is 0 Å². The summed E-state index contributed by atoms with van der Waals surface area (Å²) in [6.07, 6.45) is 1.79. The molecule has 9 heteroatoms. The third-order valence-electron chi connectivity index (χ3n) is 5.28. The maximum absolute atomic E-state index is 15.2. The highest BCUT2D eigenvalue weighted by molar-refractivity contribution is 7.18. The van der Waals surface area contributed by atoms with E-state index >= 15 is 4.39 Å². The lowest BCUT2D eigenvalue weighted by Gasteiger charge is -2.09. The molecule has 158 valence electrons. The van der Waals surface area contributed by atoms with E-state index < -0.39 is 5.66 Å². The van der Waals surface area contributed by atoms with Crippen molar-refractivity contribution in [2.45, 2.75) is 38.3 Å². The molecule has 31 heavy (non-hydrogen) atoms. The normalized spacial score (nSPS) is 14.7. The predicted octanol–water partition coefficient (Wildman–Crippen LogP) is 3.49. The number of aromatic nitrogens is 3. The Kier molecular flexibility index (Phi) is 4.79. The van der Waals surface area contributed by atoms with E-state index in [1.54, 1.807) is 6.07 Å². The van der Waals surface area contributed by atoms with Crippen LogP contribution in [-0.4, -0.2) is 26.8 Å². The smallest absolute Gasteiger partial charge is 0.230 e. The van der Waals surface area contributed by atoms with E-state index in [1.807, 2.05) is 37.3 Å². The minimum Gasteiger partial charge on any atom is -0.424 e. The topological polar surface area (TPSA) is 107 Å². The maximum atomic E-state index is 15.2. The first kappa shape index (κ1) is 19.8. The van der Waals surface area contributed by atoms with Crippen molar-refractivity contribution in [3.8, 4) is 11.1 Å². The summed E-state index contributed by atoms with van der Waals surface area (Å²) in [7, 11) is 0. The molecular formula is C22H20FN5O2S. The number of carbonyl (C=O) groups excluding carboxylic acids is 1. The van der Waals surface area contributed by atoms with Crippen molar-refractivity contribution in [2.24, 2.45) is 5.73 Å². The van der Waals surface area contributed by atoms with Gasteiger partial charge in [0.1, 0.15) is 17.2 Å². The number of aryl methyl sites for hydroxylation is 1. The number of halogens is 1. The molecule has 0 saturated heterocycles. The van der Waals surface area contributed by atoms with Crippen LogP contribution in [0.15, 0.2) is 40.8 Å². The Morgan fingerprint density at radius 2 is 1.97 bits per heavy atom. The van der Waals surface area contributed by atoms with Gasteiger partial charge in [0.25, 0.3) is 0 Å². The second kappa shape index (κ2) is 7.51. The summed E-state index contributed by atoms with van der Waals surface area (Å²) < 4.78 is 21.3. The number of thiazole rings is 1. The van der Waals surface area contributed by atoms with Crippen molar-refractivity contribution in [1.29, 1.82) is 0 Å². The fourth-order valence-corrected chi connectivity index (χ4v) is 4.44. The molecule has 1 aliphatic rings. The highest BCUT2D eigenvalue weighted by Gasteiger charge is 2.39. The summed E-state index contributed by atoms with van der Waals surface area (Å²) >= 11 is 1.26. The van der Waals surface area contributed by atoms with Crippen molar-refractivity contribution in [3.05, 3.63) is 64.6 Å². The predicted molar refractivity (Wildman–Crippen MR) is 115 cm³/mol. The molecule has 1 amide bonds. The zero-order valence-electron chi connectivity index (χ0n) is 16.8. The number of carbonyl (C=O) groups is 1. The molecule has 2 aromatic carbocycles. The average molecular weight is 438 g/mol. The van der Waals surface area contributed by atoms with Crippen LogP contribution in [0.4, 0.5) is 4.39 Å². The number of amides is 1. The van der Waals surface area contributed by atoms with Crippen LogP contribution in [0.2, 0.25) is 0 Å². The number of benzene rings is 2. The molecule has 0 aliphatic heterocycles. The summed E-state index contributed by atoms with van der Waals surface area (Å²) in [4.78, 5) is 16.5. The van der Waals surface area contributed by atoms with E-state index in [-0.39, 0.29) is 30.5 Å². The number of fused-ring (bicyclic) bond motifs is 1. The molecule has 1 saturated carbocycles. The van der Waals surface area contributed by atoms with E-state index in [9.17, 15) is 4.79 Å². The van der Waals surface area contributed by atoms with Gasteiger partial charge in [-0.2, -0.15) is 0 Å². The minimum absolute atomic E-state index is 0.0276. The second-order valence-electron chi connectivity index (χ2n) is 7.85. The van der Waals surface area contributed by atoms with Gasteiger partial charge in [0.2, 0.25) is 17.7 Å². The summed E-state index contributed by atoms with van der Waals surface area (Å²) in [5.41, 5.74) is 8.31. The van der Waals surface area contributed by atoms with Crippen molar-refractivity contribution >= 4 is 27.5 Å². The Hall–Kier alpha value is -3.17. The molecule has 5 rings (SSSR count). The molecule has 0 atom stereocenters. The van der Waals surface area contributed by atoms with Gasteiger partial charge in [0.05, 0.1) is 22.3 Å². The third kappa shape index (κ3) is 4.06. The number of hydrogen-bond donors (Lipinski definition) is 2. The van der Waals surface area contributed by atoms with Crippen LogP contribution in [0.5, 0.6) is 0 Å². The Balaban J connectivity index is 1.34. The van der Waals surface area contributed by atoms with Gasteiger partial charge in [-0.15, -0.1) is 21.5 Å². The molecule has 0 spiro atoms. The average Bonchev–Trinajstić information content (AvgIpc) is 3.11. The zero-order valence-corrected chi connectivity index (χ0v) is 17.6. The fraction of sp³-hybridized carbons (Fsp3) is 0.273.